The fourth-order valence-electron chi connectivity index (χ4n) is 2.18. The first-order valence-corrected chi connectivity index (χ1v) is 7.52. The Morgan fingerprint density at radius 1 is 1.15 bits per heavy atom. The molecule has 4 nitrogen and oxygen atoms in total. The lowest BCUT2D eigenvalue weighted by atomic mass is 10.2. The lowest BCUT2D eigenvalue weighted by Gasteiger charge is -2.10. The summed E-state index contributed by atoms with van der Waals surface area (Å²) in [5, 5.41) is 9.56. The van der Waals surface area contributed by atoms with Gasteiger partial charge in [0.2, 0.25) is 0 Å². The van der Waals surface area contributed by atoms with Crippen LogP contribution >= 0.6 is 31.9 Å². The van der Waals surface area contributed by atoms with Crippen LogP contribution in [-0.2, 0) is 6.61 Å². The van der Waals surface area contributed by atoms with E-state index in [1.165, 1.54) is 0 Å². The number of anilines is 1. The van der Waals surface area contributed by atoms with E-state index in [2.05, 4.69) is 36.8 Å². The SMILES string of the molecule is Nc1ccc2c(c1)nc(CO)n2-c1ccc(Br)cc1Br. The van der Waals surface area contributed by atoms with Gasteiger partial charge in [0.1, 0.15) is 12.4 Å². The van der Waals surface area contributed by atoms with Crippen molar-refractivity contribution in [1.82, 2.24) is 9.55 Å². The van der Waals surface area contributed by atoms with Crippen LogP contribution in [0.3, 0.4) is 0 Å². The summed E-state index contributed by atoms with van der Waals surface area (Å²) in [5.41, 5.74) is 9.04. The molecule has 2 aromatic carbocycles. The van der Waals surface area contributed by atoms with Crippen molar-refractivity contribution in [2.45, 2.75) is 6.61 Å². The predicted molar refractivity (Wildman–Crippen MR) is 86.8 cm³/mol. The van der Waals surface area contributed by atoms with Crippen LogP contribution in [0.15, 0.2) is 45.3 Å². The minimum absolute atomic E-state index is 0.142. The Morgan fingerprint density at radius 3 is 2.65 bits per heavy atom. The van der Waals surface area contributed by atoms with E-state index in [9.17, 15) is 5.11 Å². The molecule has 0 aliphatic rings. The summed E-state index contributed by atoms with van der Waals surface area (Å²) >= 11 is 6.98. The number of nitrogens with zero attached hydrogens (tertiary/aromatic N) is 2. The number of imidazole rings is 1. The molecule has 6 heteroatoms. The number of fused-ring (bicyclic) bond motifs is 1. The maximum Gasteiger partial charge on any atom is 0.140 e. The molecule has 0 unspecified atom stereocenters. The van der Waals surface area contributed by atoms with Crippen LogP contribution in [-0.4, -0.2) is 14.7 Å². The summed E-state index contributed by atoms with van der Waals surface area (Å²) in [5.74, 6) is 0.577. The molecule has 1 heterocycles. The van der Waals surface area contributed by atoms with Crippen LogP contribution in [0.1, 0.15) is 5.82 Å². The molecule has 0 atom stereocenters. The Bertz CT molecular complexity index is 798. The fraction of sp³-hybridized carbons (Fsp3) is 0.0714. The number of rotatable bonds is 2. The number of hydrogen-bond donors (Lipinski definition) is 2. The van der Waals surface area contributed by atoms with Crippen molar-refractivity contribution >= 4 is 48.6 Å². The minimum Gasteiger partial charge on any atom is -0.399 e. The third-order valence-electron chi connectivity index (χ3n) is 3.04. The quantitative estimate of drug-likeness (QED) is 0.650. The summed E-state index contributed by atoms with van der Waals surface area (Å²) < 4.78 is 3.82. The number of nitrogen functional groups attached to an aromatic ring is 1. The van der Waals surface area contributed by atoms with Crippen LogP contribution in [0, 0.1) is 0 Å². The summed E-state index contributed by atoms with van der Waals surface area (Å²) in [6.07, 6.45) is 0. The van der Waals surface area contributed by atoms with Gasteiger partial charge >= 0.3 is 0 Å². The molecule has 20 heavy (non-hydrogen) atoms. The second-order valence-corrected chi connectivity index (χ2v) is 6.14. The molecule has 0 saturated carbocycles. The molecule has 1 aromatic heterocycles. The molecule has 3 rings (SSSR count). The zero-order valence-electron chi connectivity index (χ0n) is 10.3. The van der Waals surface area contributed by atoms with Gasteiger partial charge in [0.15, 0.2) is 0 Å². The number of hydrogen-bond acceptors (Lipinski definition) is 3. The van der Waals surface area contributed by atoms with Gasteiger partial charge in [-0.2, -0.15) is 0 Å². The van der Waals surface area contributed by atoms with Gasteiger partial charge in [0, 0.05) is 14.6 Å². The zero-order chi connectivity index (χ0) is 14.3. The molecule has 0 bridgehead atoms. The van der Waals surface area contributed by atoms with Crippen molar-refractivity contribution in [2.24, 2.45) is 0 Å². The van der Waals surface area contributed by atoms with Crippen LogP contribution in [0.4, 0.5) is 5.69 Å². The van der Waals surface area contributed by atoms with Crippen molar-refractivity contribution in [3.05, 3.63) is 51.2 Å². The second-order valence-electron chi connectivity index (χ2n) is 4.37. The van der Waals surface area contributed by atoms with Gasteiger partial charge in [-0.1, -0.05) is 15.9 Å². The van der Waals surface area contributed by atoms with Gasteiger partial charge < -0.3 is 10.8 Å². The third-order valence-corrected chi connectivity index (χ3v) is 4.17. The van der Waals surface area contributed by atoms with Crippen LogP contribution in [0.5, 0.6) is 0 Å². The Hall–Kier alpha value is -1.37. The molecule has 102 valence electrons. The molecule has 3 aromatic rings. The van der Waals surface area contributed by atoms with Crippen LogP contribution in [0.25, 0.3) is 16.7 Å². The van der Waals surface area contributed by atoms with Crippen molar-refractivity contribution in [3.8, 4) is 5.69 Å². The number of halogens is 2. The van der Waals surface area contributed by atoms with Gasteiger partial charge in [-0.15, -0.1) is 0 Å². The lowest BCUT2D eigenvalue weighted by molar-refractivity contribution is 0.270. The highest BCUT2D eigenvalue weighted by molar-refractivity contribution is 9.11. The second kappa shape index (κ2) is 5.20. The van der Waals surface area contributed by atoms with Gasteiger partial charge in [-0.05, 0) is 52.3 Å². The first-order chi connectivity index (χ1) is 9.60. The fourth-order valence-corrected chi connectivity index (χ4v) is 3.41. The largest absolute Gasteiger partial charge is 0.399 e. The highest BCUT2D eigenvalue weighted by Crippen LogP contribution is 2.30. The van der Waals surface area contributed by atoms with E-state index < -0.39 is 0 Å². The summed E-state index contributed by atoms with van der Waals surface area (Å²) in [6, 6.07) is 11.4. The lowest BCUT2D eigenvalue weighted by Crippen LogP contribution is -2.01. The van der Waals surface area contributed by atoms with Crippen molar-refractivity contribution in [2.75, 3.05) is 5.73 Å². The monoisotopic (exact) mass is 395 g/mol. The van der Waals surface area contributed by atoms with Gasteiger partial charge in [-0.3, -0.25) is 4.57 Å². The first-order valence-electron chi connectivity index (χ1n) is 5.93. The van der Waals surface area contributed by atoms with E-state index >= 15 is 0 Å². The molecule has 0 radical (unpaired) electrons. The standard InChI is InChI=1S/C14H11Br2N3O/c15-8-1-3-12(10(16)5-8)19-13-4-2-9(17)6-11(13)18-14(19)7-20/h1-6,20H,7,17H2. The van der Waals surface area contributed by atoms with Crippen LogP contribution < -0.4 is 5.73 Å². The number of aliphatic hydroxyl groups excluding tert-OH is 1. The molecule has 3 N–H and O–H groups in total. The van der Waals surface area contributed by atoms with E-state index in [1.807, 2.05) is 34.9 Å². The maximum absolute atomic E-state index is 9.56. The molecular formula is C14H11Br2N3O. The molecule has 0 aliphatic carbocycles. The van der Waals surface area contributed by atoms with E-state index in [0.29, 0.717) is 11.5 Å². The van der Waals surface area contributed by atoms with Crippen molar-refractivity contribution < 1.29 is 5.11 Å². The van der Waals surface area contributed by atoms with Crippen LogP contribution in [0.2, 0.25) is 0 Å². The highest BCUT2D eigenvalue weighted by atomic mass is 79.9. The Labute approximate surface area is 132 Å². The Balaban J connectivity index is 2.34. The molecule has 0 fully saturated rings. The van der Waals surface area contributed by atoms with Gasteiger partial charge in [-0.25, -0.2) is 4.98 Å². The highest BCUT2D eigenvalue weighted by Gasteiger charge is 2.14. The maximum atomic E-state index is 9.56. The van der Waals surface area contributed by atoms with E-state index in [-0.39, 0.29) is 6.61 Å². The number of nitrogens with two attached hydrogens (primary N) is 1. The Morgan fingerprint density at radius 2 is 1.95 bits per heavy atom. The van der Waals surface area contributed by atoms with E-state index in [0.717, 1.165) is 25.7 Å². The molecule has 0 aliphatic heterocycles. The molecule has 0 saturated heterocycles. The summed E-state index contributed by atoms with van der Waals surface area (Å²) in [4.78, 5) is 4.43. The number of aromatic nitrogens is 2. The third kappa shape index (κ3) is 2.24. The molecule has 0 spiro atoms. The zero-order valence-corrected chi connectivity index (χ0v) is 13.5. The topological polar surface area (TPSA) is 64.1 Å². The predicted octanol–water partition coefficient (Wildman–Crippen LogP) is 3.63. The molecule has 0 amide bonds. The first kappa shape index (κ1) is 13.6. The van der Waals surface area contributed by atoms with E-state index in [1.54, 1.807) is 6.07 Å². The van der Waals surface area contributed by atoms with Gasteiger partial charge in [0.25, 0.3) is 0 Å². The number of aliphatic hydroxyl groups is 1. The van der Waals surface area contributed by atoms with E-state index in [4.69, 9.17) is 5.73 Å². The summed E-state index contributed by atoms with van der Waals surface area (Å²) in [7, 11) is 0. The number of benzene rings is 2. The summed E-state index contributed by atoms with van der Waals surface area (Å²) in [6.45, 7) is -0.142. The minimum atomic E-state index is -0.142. The Kier molecular flexibility index (Phi) is 3.54. The average Bonchev–Trinajstić information content (AvgIpc) is 2.76. The van der Waals surface area contributed by atoms with Gasteiger partial charge in [0.05, 0.1) is 16.7 Å². The van der Waals surface area contributed by atoms with Crippen molar-refractivity contribution in [3.63, 3.8) is 0 Å². The molecular weight excluding hydrogens is 386 g/mol. The smallest absolute Gasteiger partial charge is 0.140 e. The average molecular weight is 397 g/mol. The normalized spacial score (nSPS) is 11.2. The van der Waals surface area contributed by atoms with Crippen molar-refractivity contribution in [1.29, 1.82) is 0 Å².